The summed E-state index contributed by atoms with van der Waals surface area (Å²) in [6.45, 7) is 13.5. The lowest BCUT2D eigenvalue weighted by atomic mass is 9.92. The molecule has 1 fully saturated rings. The third-order valence-electron chi connectivity index (χ3n) is 8.34. The number of ether oxygens (including phenoxy) is 2. The fourth-order valence-corrected chi connectivity index (χ4v) is 7.43. The molecule has 1 aliphatic heterocycles. The zero-order valence-corrected chi connectivity index (χ0v) is 29.9. The van der Waals surface area contributed by atoms with Crippen LogP contribution in [-0.4, -0.2) is 57.2 Å². The highest BCUT2D eigenvalue weighted by atomic mass is 32.1. The van der Waals surface area contributed by atoms with Crippen LogP contribution in [0.25, 0.3) is 10.6 Å². The highest BCUT2D eigenvalue weighted by Gasteiger charge is 2.39. The summed E-state index contributed by atoms with van der Waals surface area (Å²) in [7, 11) is 0. The second-order valence-electron chi connectivity index (χ2n) is 15.0. The Morgan fingerprint density at radius 2 is 1.78 bits per heavy atom. The van der Waals surface area contributed by atoms with Gasteiger partial charge in [-0.25, -0.2) is 18.6 Å². The molecule has 2 aromatic heterocycles. The first-order valence-electron chi connectivity index (χ1n) is 16.5. The number of piperidine rings is 1. The fourth-order valence-electron chi connectivity index (χ4n) is 6.41. The average Bonchev–Trinajstić information content (AvgIpc) is 3.50. The van der Waals surface area contributed by atoms with Crippen LogP contribution in [0.5, 0.6) is 0 Å². The highest BCUT2D eigenvalue weighted by Crippen LogP contribution is 2.43. The molecule has 1 saturated heterocycles. The Kier molecular flexibility index (Phi) is 10.2. The van der Waals surface area contributed by atoms with Gasteiger partial charge in [-0.05, 0) is 92.2 Å². The van der Waals surface area contributed by atoms with E-state index in [1.165, 1.54) is 6.07 Å². The number of fused-ring (bicyclic) bond motifs is 1. The summed E-state index contributed by atoms with van der Waals surface area (Å²) < 4.78 is 40.6. The van der Waals surface area contributed by atoms with Crippen LogP contribution in [0.4, 0.5) is 24.3 Å². The van der Waals surface area contributed by atoms with Gasteiger partial charge >= 0.3 is 12.1 Å². The number of hydrogen-bond acceptors (Lipinski definition) is 10. The first kappa shape index (κ1) is 36.3. The second kappa shape index (κ2) is 13.7. The number of esters is 1. The Balaban J connectivity index is 1.51. The van der Waals surface area contributed by atoms with Crippen molar-refractivity contribution in [3.8, 4) is 10.6 Å². The number of aromatic nitrogens is 2. The third kappa shape index (κ3) is 8.61. The van der Waals surface area contributed by atoms with Gasteiger partial charge in [0.05, 0.1) is 17.7 Å². The molecule has 1 amide bonds. The van der Waals surface area contributed by atoms with Gasteiger partial charge in [-0.1, -0.05) is 17.4 Å². The quantitative estimate of drug-likeness (QED) is 0.183. The van der Waals surface area contributed by atoms with E-state index < -0.39 is 45.9 Å². The van der Waals surface area contributed by atoms with Gasteiger partial charge in [-0.2, -0.15) is 0 Å². The van der Waals surface area contributed by atoms with E-state index in [0.29, 0.717) is 37.2 Å². The number of Topliss-reactive ketones (excluding diaryl/α,β-unsaturated/α-hetero) is 1. The standard InChI is InChI=1S/C36H44F2N4O6S/c1-34(2,3)47-26(44)16-20-10-9-15-42(19-20)29-21(18-39-30-22(29)13-14-36(30,7)46)17-25(43)28-32(41-33(45)48-35(4,5)6)49-31(40-28)27-23(37)11-8-12-24(27)38/h8,11-12,18,20,46H,9-10,13-17,19H2,1-7H3,(H,41,45)/t20-,36?/m1/s1. The van der Waals surface area contributed by atoms with E-state index in [1.807, 2.05) is 20.8 Å². The summed E-state index contributed by atoms with van der Waals surface area (Å²) in [5, 5.41) is 13.6. The lowest BCUT2D eigenvalue weighted by Crippen LogP contribution is -2.38. The molecule has 0 spiro atoms. The molecule has 49 heavy (non-hydrogen) atoms. The number of carbonyl (C=O) groups is 3. The Morgan fingerprint density at radius 3 is 2.43 bits per heavy atom. The van der Waals surface area contributed by atoms with Gasteiger partial charge in [0.25, 0.3) is 0 Å². The van der Waals surface area contributed by atoms with Crippen LogP contribution in [0, 0.1) is 17.6 Å². The highest BCUT2D eigenvalue weighted by molar-refractivity contribution is 7.19. The maximum Gasteiger partial charge on any atom is 0.412 e. The largest absolute Gasteiger partial charge is 0.460 e. The number of ketones is 1. The molecular formula is C36H44F2N4O6S. The second-order valence-corrected chi connectivity index (χ2v) is 16.0. The zero-order valence-electron chi connectivity index (χ0n) is 29.0. The maximum atomic E-state index is 14.8. The molecule has 3 aromatic rings. The average molecular weight is 699 g/mol. The van der Waals surface area contributed by atoms with Crippen LogP contribution in [-0.2, 0) is 32.7 Å². The first-order chi connectivity index (χ1) is 22.8. The van der Waals surface area contributed by atoms with Crippen molar-refractivity contribution in [2.45, 2.75) is 104 Å². The molecule has 1 unspecified atom stereocenters. The lowest BCUT2D eigenvalue weighted by molar-refractivity contribution is -0.156. The van der Waals surface area contributed by atoms with Crippen molar-refractivity contribution in [1.82, 2.24) is 9.97 Å². The summed E-state index contributed by atoms with van der Waals surface area (Å²) in [6.07, 6.45) is 3.43. The first-order valence-corrected chi connectivity index (χ1v) is 17.3. The van der Waals surface area contributed by atoms with E-state index in [1.54, 1.807) is 33.9 Å². The van der Waals surface area contributed by atoms with Gasteiger partial charge in [0.2, 0.25) is 0 Å². The molecule has 264 valence electrons. The molecule has 13 heteroatoms. The predicted molar refractivity (Wildman–Crippen MR) is 183 cm³/mol. The molecule has 2 aliphatic rings. The van der Waals surface area contributed by atoms with Crippen molar-refractivity contribution in [3.05, 3.63) is 58.5 Å². The van der Waals surface area contributed by atoms with Crippen LogP contribution in [0.2, 0.25) is 0 Å². The van der Waals surface area contributed by atoms with Gasteiger partial charge < -0.3 is 19.5 Å². The van der Waals surface area contributed by atoms with Crippen molar-refractivity contribution in [1.29, 1.82) is 0 Å². The molecule has 3 heterocycles. The SMILES string of the molecule is CC(C)(C)OC(=O)C[C@H]1CCCN(c2c(CC(=O)c3nc(-c4c(F)cccc4F)sc3NC(=O)OC(C)(C)C)cnc3c2CCC3(C)O)C1. The van der Waals surface area contributed by atoms with Crippen molar-refractivity contribution in [3.63, 3.8) is 0 Å². The van der Waals surface area contributed by atoms with E-state index in [-0.39, 0.29) is 40.4 Å². The molecule has 2 N–H and O–H groups in total. The minimum absolute atomic E-state index is 0.00842. The molecule has 10 nitrogen and oxygen atoms in total. The molecule has 0 bridgehead atoms. The molecule has 1 aromatic carbocycles. The Bertz CT molecular complexity index is 1740. The maximum absolute atomic E-state index is 14.8. The number of nitrogens with one attached hydrogen (secondary N) is 1. The van der Waals surface area contributed by atoms with Gasteiger partial charge in [0.1, 0.15) is 44.1 Å². The zero-order chi connectivity index (χ0) is 35.9. The number of thiazole rings is 1. The minimum atomic E-state index is -1.14. The topological polar surface area (TPSA) is 131 Å². The number of anilines is 2. The number of rotatable bonds is 8. The predicted octanol–water partition coefficient (Wildman–Crippen LogP) is 7.36. The monoisotopic (exact) mass is 698 g/mol. The number of amides is 1. The molecule has 5 rings (SSSR count). The van der Waals surface area contributed by atoms with Gasteiger partial charge in [0.15, 0.2) is 5.78 Å². The number of nitrogens with zero attached hydrogens (tertiary/aromatic N) is 3. The summed E-state index contributed by atoms with van der Waals surface area (Å²) in [5.74, 6) is -2.49. The van der Waals surface area contributed by atoms with E-state index in [9.17, 15) is 28.3 Å². The van der Waals surface area contributed by atoms with E-state index in [4.69, 9.17) is 9.47 Å². The van der Waals surface area contributed by atoms with Crippen LogP contribution in [0.15, 0.2) is 24.4 Å². The van der Waals surface area contributed by atoms with Gasteiger partial charge in [0, 0.05) is 42.5 Å². The Labute approximate surface area is 289 Å². The number of aliphatic hydroxyl groups is 1. The molecule has 0 radical (unpaired) electrons. The molecular weight excluding hydrogens is 654 g/mol. The van der Waals surface area contributed by atoms with Crippen molar-refractivity contribution >= 4 is 39.9 Å². The van der Waals surface area contributed by atoms with Crippen molar-refractivity contribution in [2.75, 3.05) is 23.3 Å². The number of pyridine rings is 1. The summed E-state index contributed by atoms with van der Waals surface area (Å²) in [4.78, 5) is 50.7. The Morgan fingerprint density at radius 1 is 1.10 bits per heavy atom. The smallest absolute Gasteiger partial charge is 0.412 e. The normalized spacial score (nSPS) is 19.4. The summed E-state index contributed by atoms with van der Waals surface area (Å²) in [5.41, 5.74) is -0.423. The van der Waals surface area contributed by atoms with Crippen molar-refractivity contribution in [2.24, 2.45) is 5.92 Å². The third-order valence-corrected chi connectivity index (χ3v) is 9.33. The number of hydrogen-bond donors (Lipinski definition) is 2. The molecule has 2 atom stereocenters. The van der Waals surface area contributed by atoms with Crippen LogP contribution >= 0.6 is 11.3 Å². The van der Waals surface area contributed by atoms with Crippen LogP contribution in [0.3, 0.4) is 0 Å². The van der Waals surface area contributed by atoms with Crippen LogP contribution < -0.4 is 10.2 Å². The minimum Gasteiger partial charge on any atom is -0.460 e. The summed E-state index contributed by atoms with van der Waals surface area (Å²) in [6, 6.07) is 3.41. The van der Waals surface area contributed by atoms with E-state index >= 15 is 0 Å². The van der Waals surface area contributed by atoms with Gasteiger partial charge in [-0.15, -0.1) is 0 Å². The number of carbonyl (C=O) groups excluding carboxylic acids is 3. The van der Waals surface area contributed by atoms with E-state index in [2.05, 4.69) is 20.2 Å². The van der Waals surface area contributed by atoms with E-state index in [0.717, 1.165) is 47.6 Å². The lowest BCUT2D eigenvalue weighted by Gasteiger charge is -2.37. The number of benzene rings is 1. The summed E-state index contributed by atoms with van der Waals surface area (Å²) >= 11 is 0.769. The van der Waals surface area contributed by atoms with Gasteiger partial charge in [-0.3, -0.25) is 19.9 Å². The molecule has 1 aliphatic carbocycles. The number of halogens is 2. The van der Waals surface area contributed by atoms with Crippen LogP contribution in [0.1, 0.15) is 101 Å². The molecule has 0 saturated carbocycles. The van der Waals surface area contributed by atoms with Crippen molar-refractivity contribution < 1.29 is 37.7 Å². The Hall–Kier alpha value is -3.97. The fraction of sp³-hybridized carbons (Fsp3) is 0.528.